The molecule has 1 atom stereocenters. The molecule has 3 aromatic rings. The molecule has 0 unspecified atom stereocenters. The number of aryl methyl sites for hydroxylation is 3. The zero-order valence-electron chi connectivity index (χ0n) is 17.1. The van der Waals surface area contributed by atoms with E-state index >= 15 is 0 Å². The van der Waals surface area contributed by atoms with Crippen LogP contribution in [0.4, 0.5) is 0 Å². The Labute approximate surface area is 175 Å². The highest BCUT2D eigenvalue weighted by Gasteiger charge is 2.46. The molecule has 0 spiro atoms. The minimum Gasteiger partial charge on any atom is -0.293 e. The molecule has 4 nitrogen and oxygen atoms in total. The van der Waals surface area contributed by atoms with E-state index in [9.17, 15) is 0 Å². The molecule has 4 rings (SSSR count). The number of nitrogens with zero attached hydrogens (tertiary/aromatic N) is 4. The fraction of sp³-hybridized carbons (Fsp3) is 0.500. The second kappa shape index (κ2) is 7.65. The first-order valence-corrected chi connectivity index (χ1v) is 11.6. The van der Waals surface area contributed by atoms with Crippen LogP contribution in [0.2, 0.25) is 0 Å². The van der Waals surface area contributed by atoms with Crippen molar-refractivity contribution < 1.29 is 0 Å². The third kappa shape index (κ3) is 3.78. The number of hydrogen-bond donors (Lipinski definition) is 0. The van der Waals surface area contributed by atoms with Gasteiger partial charge in [-0.25, -0.2) is 0 Å². The lowest BCUT2D eigenvalue weighted by Gasteiger charge is -2.37. The van der Waals surface area contributed by atoms with Gasteiger partial charge in [0, 0.05) is 40.8 Å². The van der Waals surface area contributed by atoms with Gasteiger partial charge in [0.15, 0.2) is 0 Å². The Balaban J connectivity index is 1.60. The third-order valence-electron chi connectivity index (χ3n) is 6.17. The van der Waals surface area contributed by atoms with Crippen LogP contribution in [-0.4, -0.2) is 33.2 Å². The zero-order chi connectivity index (χ0) is 19.8. The topological polar surface area (TPSA) is 41.9 Å². The Bertz CT molecular complexity index is 914. The van der Waals surface area contributed by atoms with E-state index in [-0.39, 0.29) is 11.0 Å². The normalized spacial score (nSPS) is 20.7. The van der Waals surface area contributed by atoms with E-state index in [1.807, 2.05) is 24.5 Å². The maximum absolute atomic E-state index is 4.60. The summed E-state index contributed by atoms with van der Waals surface area (Å²) in [6.07, 6.45) is 5.41. The molecule has 0 radical (unpaired) electrons. The molecule has 1 saturated heterocycles. The van der Waals surface area contributed by atoms with Gasteiger partial charge >= 0.3 is 0 Å². The molecule has 4 heterocycles. The van der Waals surface area contributed by atoms with Gasteiger partial charge < -0.3 is 0 Å². The third-order valence-corrected chi connectivity index (χ3v) is 8.19. The summed E-state index contributed by atoms with van der Waals surface area (Å²) in [5.74, 6) is 0. The van der Waals surface area contributed by atoms with Crippen LogP contribution in [0.5, 0.6) is 0 Å². The van der Waals surface area contributed by atoms with E-state index in [1.54, 1.807) is 11.3 Å². The monoisotopic (exact) mass is 412 g/mol. The average molecular weight is 413 g/mol. The molecule has 1 aliphatic rings. The molecule has 1 aliphatic heterocycles. The molecule has 1 fully saturated rings. The summed E-state index contributed by atoms with van der Waals surface area (Å²) < 4.78 is 0. The lowest BCUT2D eigenvalue weighted by Crippen LogP contribution is -2.42. The van der Waals surface area contributed by atoms with Crippen molar-refractivity contribution in [3.05, 3.63) is 62.0 Å². The standard InChI is InChI=1S/C22H28N4S2/c1-16-7-8-18(14-23-16)21(3,4)26-12-11-22(15-26,20-25-24-17(2)28-20)10-9-19-6-5-13-27-19/h5-8,13-14H,9-12,15H2,1-4H3/t22-/m1/s1. The quantitative estimate of drug-likeness (QED) is 0.563. The summed E-state index contributed by atoms with van der Waals surface area (Å²) in [4.78, 5) is 8.61. The number of hydrogen-bond acceptors (Lipinski definition) is 6. The Morgan fingerprint density at radius 2 is 2.04 bits per heavy atom. The lowest BCUT2D eigenvalue weighted by atomic mass is 9.82. The van der Waals surface area contributed by atoms with Crippen LogP contribution >= 0.6 is 22.7 Å². The highest BCUT2D eigenvalue weighted by Crippen LogP contribution is 2.44. The van der Waals surface area contributed by atoms with Gasteiger partial charge in [-0.05, 0) is 70.0 Å². The molecule has 0 saturated carbocycles. The molecular weight excluding hydrogens is 384 g/mol. The largest absolute Gasteiger partial charge is 0.293 e. The molecule has 28 heavy (non-hydrogen) atoms. The van der Waals surface area contributed by atoms with Crippen molar-refractivity contribution in [2.24, 2.45) is 0 Å². The molecule has 0 aliphatic carbocycles. The van der Waals surface area contributed by atoms with Crippen LogP contribution in [0, 0.1) is 13.8 Å². The van der Waals surface area contributed by atoms with Crippen LogP contribution in [-0.2, 0) is 17.4 Å². The second-order valence-corrected chi connectivity index (χ2v) is 10.6. The summed E-state index contributed by atoms with van der Waals surface area (Å²) in [6.45, 7) is 10.8. The Morgan fingerprint density at radius 3 is 2.68 bits per heavy atom. The van der Waals surface area contributed by atoms with Gasteiger partial charge in [-0.2, -0.15) is 0 Å². The molecule has 0 amide bonds. The van der Waals surface area contributed by atoms with Crippen molar-refractivity contribution in [3.8, 4) is 0 Å². The SMILES string of the molecule is Cc1ccc(C(C)(C)N2CC[C@@](CCc3cccs3)(c3nnc(C)s3)C2)cn1. The van der Waals surface area contributed by atoms with Gasteiger partial charge in [-0.1, -0.05) is 12.1 Å². The van der Waals surface area contributed by atoms with Crippen molar-refractivity contribution in [3.63, 3.8) is 0 Å². The van der Waals surface area contributed by atoms with E-state index in [2.05, 4.69) is 70.5 Å². The van der Waals surface area contributed by atoms with Crippen molar-refractivity contribution in [2.75, 3.05) is 13.1 Å². The van der Waals surface area contributed by atoms with E-state index in [4.69, 9.17) is 0 Å². The van der Waals surface area contributed by atoms with E-state index in [1.165, 1.54) is 15.4 Å². The number of likely N-dealkylation sites (tertiary alicyclic amines) is 1. The first kappa shape index (κ1) is 19.7. The van der Waals surface area contributed by atoms with Gasteiger partial charge in [-0.15, -0.1) is 32.9 Å². The molecule has 6 heteroatoms. The van der Waals surface area contributed by atoms with Crippen molar-refractivity contribution in [2.45, 2.75) is 57.9 Å². The highest BCUT2D eigenvalue weighted by atomic mass is 32.1. The summed E-state index contributed by atoms with van der Waals surface area (Å²) >= 11 is 3.63. The zero-order valence-corrected chi connectivity index (χ0v) is 18.7. The molecule has 0 N–H and O–H groups in total. The molecular formula is C22H28N4S2. The van der Waals surface area contributed by atoms with Crippen LogP contribution in [0.25, 0.3) is 0 Å². The van der Waals surface area contributed by atoms with Gasteiger partial charge in [0.25, 0.3) is 0 Å². The number of pyridine rings is 1. The fourth-order valence-corrected chi connectivity index (χ4v) is 5.81. The van der Waals surface area contributed by atoms with Crippen molar-refractivity contribution >= 4 is 22.7 Å². The van der Waals surface area contributed by atoms with E-state index < -0.39 is 0 Å². The van der Waals surface area contributed by atoms with Gasteiger partial charge in [0.05, 0.1) is 0 Å². The summed E-state index contributed by atoms with van der Waals surface area (Å²) in [7, 11) is 0. The van der Waals surface area contributed by atoms with E-state index in [0.717, 1.165) is 43.1 Å². The van der Waals surface area contributed by atoms with Crippen LogP contribution in [0.15, 0.2) is 35.8 Å². The molecule has 0 bridgehead atoms. The number of aromatic nitrogens is 3. The number of thiophene rings is 1. The maximum Gasteiger partial charge on any atom is 0.124 e. The Hall–Kier alpha value is -1.63. The Morgan fingerprint density at radius 1 is 1.18 bits per heavy atom. The lowest BCUT2D eigenvalue weighted by molar-refractivity contribution is 0.142. The smallest absolute Gasteiger partial charge is 0.124 e. The fourth-order valence-electron chi connectivity index (χ4n) is 4.18. The summed E-state index contributed by atoms with van der Waals surface area (Å²) in [5.41, 5.74) is 2.38. The molecule has 3 aromatic heterocycles. The van der Waals surface area contributed by atoms with Crippen LogP contribution in [0.3, 0.4) is 0 Å². The second-order valence-electron chi connectivity index (χ2n) is 8.40. The Kier molecular flexibility index (Phi) is 5.38. The summed E-state index contributed by atoms with van der Waals surface area (Å²) in [5, 5.41) is 13.4. The average Bonchev–Trinajstić information content (AvgIpc) is 3.42. The van der Waals surface area contributed by atoms with Crippen molar-refractivity contribution in [1.82, 2.24) is 20.1 Å². The first-order valence-electron chi connectivity index (χ1n) is 9.90. The van der Waals surface area contributed by atoms with Crippen molar-refractivity contribution in [1.29, 1.82) is 0 Å². The summed E-state index contributed by atoms with van der Waals surface area (Å²) in [6, 6.07) is 8.74. The predicted molar refractivity (Wildman–Crippen MR) is 117 cm³/mol. The minimum atomic E-state index is -0.0505. The van der Waals surface area contributed by atoms with E-state index in [0.29, 0.717) is 0 Å². The van der Waals surface area contributed by atoms with Gasteiger partial charge in [0.2, 0.25) is 0 Å². The molecule has 148 valence electrons. The van der Waals surface area contributed by atoms with Gasteiger partial charge in [0.1, 0.15) is 10.0 Å². The minimum absolute atomic E-state index is 0.0505. The first-order chi connectivity index (χ1) is 13.4. The predicted octanol–water partition coefficient (Wildman–Crippen LogP) is 5.12. The van der Waals surface area contributed by atoms with Gasteiger partial charge in [-0.3, -0.25) is 9.88 Å². The maximum atomic E-state index is 4.60. The van der Waals surface area contributed by atoms with Crippen LogP contribution in [0.1, 0.15) is 52.8 Å². The molecule has 0 aromatic carbocycles. The number of rotatable bonds is 6. The van der Waals surface area contributed by atoms with Crippen LogP contribution < -0.4 is 0 Å². The highest BCUT2D eigenvalue weighted by molar-refractivity contribution is 7.11.